The van der Waals surface area contributed by atoms with E-state index in [4.69, 9.17) is 16.0 Å². The molecule has 5 rings (SSSR count). The summed E-state index contributed by atoms with van der Waals surface area (Å²) in [5.41, 5.74) is 4.56. The van der Waals surface area contributed by atoms with Gasteiger partial charge >= 0.3 is 6.01 Å². The maximum absolute atomic E-state index is 6.19. The van der Waals surface area contributed by atoms with Crippen LogP contribution in [0.25, 0.3) is 32.4 Å². The molecule has 5 aromatic rings. The number of oxazole rings is 1. The Hall–Kier alpha value is -2.89. The first kappa shape index (κ1) is 15.4. The number of nitrogens with zero attached hydrogens (tertiary/aromatic N) is 2. The number of hydrogen-bond donors (Lipinski definition) is 1. The third-order valence-corrected chi connectivity index (χ3v) is 5.32. The summed E-state index contributed by atoms with van der Waals surface area (Å²) < 4.78 is 6.82. The molecule has 4 nitrogen and oxygen atoms in total. The number of thiazole rings is 1. The molecule has 0 aliphatic carbocycles. The second-order valence-corrected chi connectivity index (χ2v) is 7.24. The van der Waals surface area contributed by atoms with Gasteiger partial charge in [-0.1, -0.05) is 65.4 Å². The van der Waals surface area contributed by atoms with Gasteiger partial charge in [-0.05, 0) is 35.4 Å². The molecule has 2 heterocycles. The van der Waals surface area contributed by atoms with Crippen molar-refractivity contribution in [2.24, 2.45) is 0 Å². The quantitative estimate of drug-likeness (QED) is 0.389. The van der Waals surface area contributed by atoms with Crippen LogP contribution in [-0.2, 0) is 0 Å². The molecule has 0 fully saturated rings. The van der Waals surface area contributed by atoms with Crippen molar-refractivity contribution in [2.75, 3.05) is 5.32 Å². The maximum Gasteiger partial charge on any atom is 0.302 e. The van der Waals surface area contributed by atoms with Crippen molar-refractivity contribution < 1.29 is 4.42 Å². The average Bonchev–Trinajstić information content (AvgIpc) is 3.26. The molecule has 3 aromatic carbocycles. The van der Waals surface area contributed by atoms with Crippen LogP contribution in [0.4, 0.5) is 11.1 Å². The van der Waals surface area contributed by atoms with Crippen molar-refractivity contribution in [3.05, 3.63) is 71.8 Å². The van der Waals surface area contributed by atoms with E-state index in [1.807, 2.05) is 54.6 Å². The van der Waals surface area contributed by atoms with Crippen molar-refractivity contribution in [3.63, 3.8) is 0 Å². The summed E-state index contributed by atoms with van der Waals surface area (Å²) in [7, 11) is 0. The van der Waals surface area contributed by atoms with Crippen LogP contribution in [0.5, 0.6) is 0 Å². The molecule has 0 radical (unpaired) electrons. The van der Waals surface area contributed by atoms with Gasteiger partial charge in [-0.25, -0.2) is 4.98 Å². The normalized spacial score (nSPS) is 11.3. The zero-order valence-corrected chi connectivity index (χ0v) is 15.0. The largest absolute Gasteiger partial charge is 0.423 e. The van der Waals surface area contributed by atoms with Gasteiger partial charge in [0.05, 0.1) is 9.72 Å². The Morgan fingerprint density at radius 2 is 1.77 bits per heavy atom. The van der Waals surface area contributed by atoms with E-state index in [2.05, 4.69) is 27.4 Å². The van der Waals surface area contributed by atoms with Gasteiger partial charge in [0.1, 0.15) is 11.0 Å². The molecular weight excluding hydrogens is 366 g/mol. The van der Waals surface area contributed by atoms with Gasteiger partial charge < -0.3 is 4.42 Å². The van der Waals surface area contributed by atoms with E-state index >= 15 is 0 Å². The van der Waals surface area contributed by atoms with Gasteiger partial charge in [-0.3, -0.25) is 5.32 Å². The number of rotatable bonds is 3. The molecule has 126 valence electrons. The Kier molecular flexibility index (Phi) is 3.62. The van der Waals surface area contributed by atoms with E-state index in [-0.39, 0.29) is 0 Å². The summed E-state index contributed by atoms with van der Waals surface area (Å²) >= 11 is 7.70. The number of hydrogen-bond acceptors (Lipinski definition) is 5. The summed E-state index contributed by atoms with van der Waals surface area (Å²) in [6.07, 6.45) is 0. The van der Waals surface area contributed by atoms with Crippen molar-refractivity contribution >= 4 is 55.4 Å². The molecule has 26 heavy (non-hydrogen) atoms. The van der Waals surface area contributed by atoms with E-state index < -0.39 is 0 Å². The molecule has 1 N–H and O–H groups in total. The Morgan fingerprint density at radius 1 is 0.885 bits per heavy atom. The molecule has 0 saturated heterocycles. The predicted molar refractivity (Wildman–Crippen MR) is 107 cm³/mol. The zero-order chi connectivity index (χ0) is 17.5. The first-order valence-electron chi connectivity index (χ1n) is 8.04. The molecule has 0 saturated carbocycles. The SMILES string of the molecule is Clc1cccc2sc(Nc3nc4cc(-c5ccccc5)ccc4o3)nc12. The highest BCUT2D eigenvalue weighted by Gasteiger charge is 2.11. The van der Waals surface area contributed by atoms with Crippen LogP contribution in [0.2, 0.25) is 5.02 Å². The lowest BCUT2D eigenvalue weighted by atomic mass is 10.1. The summed E-state index contributed by atoms with van der Waals surface area (Å²) in [5.74, 6) is 0. The van der Waals surface area contributed by atoms with Gasteiger partial charge in [0.2, 0.25) is 0 Å². The van der Waals surface area contributed by atoms with Crippen LogP contribution in [0.15, 0.2) is 71.1 Å². The number of fused-ring (bicyclic) bond motifs is 2. The van der Waals surface area contributed by atoms with Crippen LogP contribution in [0.1, 0.15) is 0 Å². The van der Waals surface area contributed by atoms with E-state index in [9.17, 15) is 0 Å². The highest BCUT2D eigenvalue weighted by atomic mass is 35.5. The second kappa shape index (κ2) is 6.12. The number of nitrogens with one attached hydrogen (secondary N) is 1. The standard InChI is InChI=1S/C20H12ClN3OS/c21-14-7-4-8-17-18(14)23-20(26-17)24-19-22-15-11-13(9-10-16(15)25-19)12-5-2-1-3-6-12/h1-11H,(H,22,23,24). The Labute approximate surface area is 158 Å². The molecule has 2 aromatic heterocycles. The van der Waals surface area contributed by atoms with Crippen molar-refractivity contribution in [2.45, 2.75) is 0 Å². The van der Waals surface area contributed by atoms with E-state index in [1.165, 1.54) is 11.3 Å². The van der Waals surface area contributed by atoms with Gasteiger partial charge in [-0.2, -0.15) is 4.98 Å². The topological polar surface area (TPSA) is 51.0 Å². The number of para-hydroxylation sites is 1. The first-order chi connectivity index (χ1) is 12.8. The number of aromatic nitrogens is 2. The zero-order valence-electron chi connectivity index (χ0n) is 13.4. The number of benzene rings is 3. The molecular formula is C20H12ClN3OS. The molecule has 0 aliphatic heterocycles. The molecule has 0 amide bonds. The van der Waals surface area contributed by atoms with Crippen molar-refractivity contribution in [1.82, 2.24) is 9.97 Å². The monoisotopic (exact) mass is 377 g/mol. The van der Waals surface area contributed by atoms with Crippen LogP contribution in [0, 0.1) is 0 Å². The fourth-order valence-electron chi connectivity index (χ4n) is 2.85. The maximum atomic E-state index is 6.19. The molecule has 0 unspecified atom stereocenters. The van der Waals surface area contributed by atoms with Gasteiger partial charge in [0.15, 0.2) is 10.7 Å². The summed E-state index contributed by atoms with van der Waals surface area (Å²) in [6.45, 7) is 0. The van der Waals surface area contributed by atoms with E-state index in [0.717, 1.165) is 32.4 Å². The fourth-order valence-corrected chi connectivity index (χ4v) is 4.01. The summed E-state index contributed by atoms with van der Waals surface area (Å²) in [5, 5.41) is 4.47. The smallest absolute Gasteiger partial charge is 0.302 e. The lowest BCUT2D eigenvalue weighted by Crippen LogP contribution is -1.88. The predicted octanol–water partition coefficient (Wildman–Crippen LogP) is 6.50. The van der Waals surface area contributed by atoms with Gasteiger partial charge in [-0.15, -0.1) is 0 Å². The fraction of sp³-hybridized carbons (Fsp3) is 0. The van der Waals surface area contributed by atoms with Crippen molar-refractivity contribution in [1.29, 1.82) is 0 Å². The Morgan fingerprint density at radius 3 is 2.62 bits per heavy atom. The number of anilines is 2. The summed E-state index contributed by atoms with van der Waals surface area (Å²) in [4.78, 5) is 9.06. The summed E-state index contributed by atoms with van der Waals surface area (Å²) in [6, 6.07) is 22.3. The molecule has 0 spiro atoms. The average molecular weight is 378 g/mol. The van der Waals surface area contributed by atoms with E-state index in [0.29, 0.717) is 16.2 Å². The van der Waals surface area contributed by atoms with Gasteiger partial charge in [0.25, 0.3) is 0 Å². The van der Waals surface area contributed by atoms with Crippen LogP contribution in [0.3, 0.4) is 0 Å². The van der Waals surface area contributed by atoms with Gasteiger partial charge in [0, 0.05) is 0 Å². The number of halogens is 1. The third-order valence-electron chi connectivity index (χ3n) is 4.08. The van der Waals surface area contributed by atoms with Crippen LogP contribution >= 0.6 is 22.9 Å². The van der Waals surface area contributed by atoms with Crippen LogP contribution in [-0.4, -0.2) is 9.97 Å². The minimum atomic E-state index is 0.417. The molecule has 0 aliphatic rings. The molecule has 0 bridgehead atoms. The Bertz CT molecular complexity index is 1230. The molecule has 6 heteroatoms. The second-order valence-electron chi connectivity index (χ2n) is 5.80. The lowest BCUT2D eigenvalue weighted by molar-refractivity contribution is 0.623. The highest BCUT2D eigenvalue weighted by molar-refractivity contribution is 7.22. The minimum Gasteiger partial charge on any atom is -0.423 e. The first-order valence-corrected chi connectivity index (χ1v) is 9.24. The third kappa shape index (κ3) is 2.71. The lowest BCUT2D eigenvalue weighted by Gasteiger charge is -1.99. The van der Waals surface area contributed by atoms with E-state index in [1.54, 1.807) is 0 Å². The Balaban J connectivity index is 1.50. The highest BCUT2D eigenvalue weighted by Crippen LogP contribution is 2.33. The molecule has 0 atom stereocenters. The van der Waals surface area contributed by atoms with Crippen LogP contribution < -0.4 is 5.32 Å². The minimum absolute atomic E-state index is 0.417. The van der Waals surface area contributed by atoms with Crippen molar-refractivity contribution in [3.8, 4) is 11.1 Å².